The van der Waals surface area contributed by atoms with Gasteiger partial charge in [0, 0.05) is 24.2 Å². The molecular formula is C24H24ClF3N6O3. The van der Waals surface area contributed by atoms with E-state index < -0.39 is 17.8 Å². The van der Waals surface area contributed by atoms with Gasteiger partial charge in [-0.25, -0.2) is 15.0 Å². The molecule has 1 aliphatic heterocycles. The quantitative estimate of drug-likeness (QED) is 0.349. The monoisotopic (exact) mass is 536 g/mol. The number of methoxy groups -OCH3 is 2. The summed E-state index contributed by atoms with van der Waals surface area (Å²) in [5.74, 6) is 0.543. The number of nitrogens with one attached hydrogen (secondary N) is 1. The highest BCUT2D eigenvalue weighted by Gasteiger charge is 2.32. The van der Waals surface area contributed by atoms with E-state index in [1.165, 1.54) is 26.4 Å². The predicted molar refractivity (Wildman–Crippen MR) is 131 cm³/mol. The van der Waals surface area contributed by atoms with Crippen molar-refractivity contribution in [2.75, 3.05) is 31.8 Å². The third-order valence-electron chi connectivity index (χ3n) is 5.94. The Morgan fingerprint density at radius 2 is 1.92 bits per heavy atom. The van der Waals surface area contributed by atoms with Crippen LogP contribution in [0.2, 0.25) is 5.28 Å². The maximum atomic E-state index is 13.3. The molecule has 1 aromatic carbocycles. The summed E-state index contributed by atoms with van der Waals surface area (Å²) in [6.07, 6.45) is -4.14. The summed E-state index contributed by atoms with van der Waals surface area (Å²) >= 11 is 6.13. The highest BCUT2D eigenvalue weighted by Crippen LogP contribution is 2.34. The van der Waals surface area contributed by atoms with Gasteiger partial charge in [-0.05, 0) is 54.4 Å². The number of halogens is 4. The number of carbonyl (C=O) groups is 1. The molecule has 0 saturated heterocycles. The Bertz CT molecular complexity index is 1340. The Morgan fingerprint density at radius 1 is 1.16 bits per heavy atom. The number of alkyl halides is 3. The number of carbonyl (C=O) groups excluding carboxylic acids is 1. The number of rotatable bonds is 6. The van der Waals surface area contributed by atoms with Crippen LogP contribution in [-0.4, -0.2) is 46.5 Å². The minimum absolute atomic E-state index is 0.0135. The van der Waals surface area contributed by atoms with E-state index in [0.29, 0.717) is 41.4 Å². The van der Waals surface area contributed by atoms with Gasteiger partial charge in [0.2, 0.25) is 5.28 Å². The molecule has 0 spiro atoms. The van der Waals surface area contributed by atoms with Crippen molar-refractivity contribution in [3.05, 3.63) is 63.7 Å². The first-order valence-corrected chi connectivity index (χ1v) is 11.6. The third-order valence-corrected chi connectivity index (χ3v) is 6.11. The van der Waals surface area contributed by atoms with E-state index in [1.807, 2.05) is 0 Å². The molecule has 0 unspecified atom stereocenters. The van der Waals surface area contributed by atoms with Gasteiger partial charge in [0.15, 0.2) is 5.75 Å². The zero-order chi connectivity index (χ0) is 26.9. The van der Waals surface area contributed by atoms with Crippen LogP contribution in [0.5, 0.6) is 11.6 Å². The van der Waals surface area contributed by atoms with Crippen LogP contribution in [-0.2, 0) is 19.1 Å². The zero-order valence-electron chi connectivity index (χ0n) is 20.2. The van der Waals surface area contributed by atoms with Gasteiger partial charge in [0.1, 0.15) is 11.5 Å². The molecule has 4 rings (SSSR count). The SMILES string of the molecule is COc1ccc(C(=O)N2CCc3nc(Cl)nc(N[C@H](C)c4cc(N)cc(C(F)(F)F)c4)c3C2)nc1OC. The molecule has 0 bridgehead atoms. The summed E-state index contributed by atoms with van der Waals surface area (Å²) < 4.78 is 50.3. The van der Waals surface area contributed by atoms with Crippen LogP contribution < -0.4 is 20.5 Å². The Balaban J connectivity index is 1.61. The van der Waals surface area contributed by atoms with E-state index >= 15 is 0 Å². The average Bonchev–Trinajstić information content (AvgIpc) is 2.86. The van der Waals surface area contributed by atoms with E-state index in [2.05, 4.69) is 20.3 Å². The number of fused-ring (bicyclic) bond motifs is 1. The van der Waals surface area contributed by atoms with E-state index in [4.69, 9.17) is 26.8 Å². The van der Waals surface area contributed by atoms with Crippen molar-refractivity contribution in [1.82, 2.24) is 19.9 Å². The summed E-state index contributed by atoms with van der Waals surface area (Å²) in [5, 5.41) is 3.10. The van der Waals surface area contributed by atoms with E-state index in [-0.39, 0.29) is 35.0 Å². The molecule has 3 aromatic rings. The highest BCUT2D eigenvalue weighted by molar-refractivity contribution is 6.28. The molecular weight excluding hydrogens is 513 g/mol. The van der Waals surface area contributed by atoms with Crippen LogP contribution in [0, 0.1) is 0 Å². The van der Waals surface area contributed by atoms with Crippen LogP contribution >= 0.6 is 11.6 Å². The van der Waals surface area contributed by atoms with E-state index in [1.54, 1.807) is 17.9 Å². The fourth-order valence-corrected chi connectivity index (χ4v) is 4.25. The molecule has 0 saturated carbocycles. The fraction of sp³-hybridized carbons (Fsp3) is 0.333. The lowest BCUT2D eigenvalue weighted by atomic mass is 10.0. The Morgan fingerprint density at radius 3 is 2.59 bits per heavy atom. The first-order valence-electron chi connectivity index (χ1n) is 11.2. The Kier molecular flexibility index (Phi) is 7.30. The molecule has 2 aromatic heterocycles. The smallest absolute Gasteiger partial charge is 0.416 e. The molecule has 1 amide bonds. The maximum Gasteiger partial charge on any atom is 0.416 e. The molecule has 0 aliphatic carbocycles. The normalized spacial score (nSPS) is 14.1. The third kappa shape index (κ3) is 5.63. The predicted octanol–water partition coefficient (Wildman–Crippen LogP) is 4.51. The molecule has 1 atom stereocenters. The molecule has 196 valence electrons. The van der Waals surface area contributed by atoms with E-state index in [9.17, 15) is 18.0 Å². The van der Waals surface area contributed by atoms with Crippen LogP contribution in [0.25, 0.3) is 0 Å². The molecule has 0 radical (unpaired) electrons. The topological polar surface area (TPSA) is 115 Å². The largest absolute Gasteiger partial charge is 0.491 e. The van der Waals surface area contributed by atoms with Crippen molar-refractivity contribution in [2.45, 2.75) is 32.1 Å². The van der Waals surface area contributed by atoms with Crippen molar-refractivity contribution in [2.24, 2.45) is 0 Å². The van der Waals surface area contributed by atoms with Crippen molar-refractivity contribution in [1.29, 1.82) is 0 Å². The summed E-state index contributed by atoms with van der Waals surface area (Å²) in [6.45, 7) is 2.17. The van der Waals surface area contributed by atoms with Crippen LogP contribution in [0.15, 0.2) is 30.3 Å². The first kappa shape index (κ1) is 26.3. The minimum atomic E-state index is -4.54. The number of hydrogen-bond donors (Lipinski definition) is 2. The number of aromatic nitrogens is 3. The van der Waals surface area contributed by atoms with Gasteiger partial charge in [-0.1, -0.05) is 0 Å². The van der Waals surface area contributed by atoms with Crippen molar-refractivity contribution < 1.29 is 27.4 Å². The summed E-state index contributed by atoms with van der Waals surface area (Å²) in [7, 11) is 2.89. The number of amides is 1. The average molecular weight is 537 g/mol. The van der Waals surface area contributed by atoms with Gasteiger partial charge < -0.3 is 25.4 Å². The number of pyridine rings is 1. The second kappa shape index (κ2) is 10.3. The molecule has 3 heterocycles. The highest BCUT2D eigenvalue weighted by atomic mass is 35.5. The number of ether oxygens (including phenoxy) is 2. The lowest BCUT2D eigenvalue weighted by Gasteiger charge is -2.30. The van der Waals surface area contributed by atoms with Crippen molar-refractivity contribution >= 4 is 29.0 Å². The number of nitrogens with zero attached hydrogens (tertiary/aromatic N) is 4. The van der Waals surface area contributed by atoms with Gasteiger partial charge in [-0.15, -0.1) is 0 Å². The lowest BCUT2D eigenvalue weighted by Crippen LogP contribution is -2.37. The molecule has 0 fully saturated rings. The van der Waals surface area contributed by atoms with Gasteiger partial charge in [-0.3, -0.25) is 4.79 Å². The number of nitrogen functional groups attached to an aromatic ring is 1. The van der Waals surface area contributed by atoms with Crippen LogP contribution in [0.4, 0.5) is 24.7 Å². The molecule has 13 heteroatoms. The standard InChI is InChI=1S/C24H24ClF3N6O3/c1-12(13-8-14(24(26,27)28)10-15(29)9-13)30-20-16-11-34(7-6-17(16)32-23(25)33-20)22(35)18-4-5-19(36-2)21(31-18)37-3/h4-5,8-10,12H,6-7,11,29H2,1-3H3,(H,30,32,33)/t12-/m1/s1. The second-order valence-electron chi connectivity index (χ2n) is 8.40. The molecule has 37 heavy (non-hydrogen) atoms. The summed E-state index contributed by atoms with van der Waals surface area (Å²) in [5.41, 5.74) is 6.59. The number of nitrogens with two attached hydrogens (primary N) is 1. The van der Waals surface area contributed by atoms with Crippen molar-refractivity contribution in [3.8, 4) is 11.6 Å². The summed E-state index contributed by atoms with van der Waals surface area (Å²) in [4.78, 5) is 27.6. The fourth-order valence-electron chi connectivity index (χ4n) is 4.07. The van der Waals surface area contributed by atoms with Gasteiger partial charge in [0.05, 0.1) is 38.1 Å². The van der Waals surface area contributed by atoms with Crippen LogP contribution in [0.3, 0.4) is 0 Å². The van der Waals surface area contributed by atoms with Gasteiger partial charge in [-0.2, -0.15) is 13.2 Å². The second-order valence-corrected chi connectivity index (χ2v) is 8.74. The maximum absolute atomic E-state index is 13.3. The van der Waals surface area contributed by atoms with Crippen LogP contribution in [0.1, 0.15) is 45.8 Å². The molecule has 9 nitrogen and oxygen atoms in total. The lowest BCUT2D eigenvalue weighted by molar-refractivity contribution is -0.137. The van der Waals surface area contributed by atoms with E-state index in [0.717, 1.165) is 12.1 Å². The molecule has 3 N–H and O–H groups in total. The molecule has 1 aliphatic rings. The Hall–Kier alpha value is -3.80. The number of anilines is 2. The summed E-state index contributed by atoms with van der Waals surface area (Å²) in [6, 6.07) is 5.89. The first-order chi connectivity index (χ1) is 17.5. The number of benzene rings is 1. The van der Waals surface area contributed by atoms with Crippen molar-refractivity contribution in [3.63, 3.8) is 0 Å². The number of hydrogen-bond acceptors (Lipinski definition) is 8. The Labute approximate surface area is 215 Å². The van der Waals surface area contributed by atoms with Gasteiger partial charge >= 0.3 is 6.18 Å². The minimum Gasteiger partial charge on any atom is -0.491 e. The van der Waals surface area contributed by atoms with Gasteiger partial charge in [0.25, 0.3) is 11.8 Å². The zero-order valence-corrected chi connectivity index (χ0v) is 20.9.